The largest absolute Gasteiger partial charge is 0.454 e. The van der Waals surface area contributed by atoms with Crippen LogP contribution < -0.4 is 0 Å². The van der Waals surface area contributed by atoms with Gasteiger partial charge in [-0.15, -0.1) is 0 Å². The Labute approximate surface area is 197 Å². The van der Waals surface area contributed by atoms with Crippen molar-refractivity contribution in [1.29, 1.82) is 0 Å². The Hall–Kier alpha value is -3.82. The molecule has 0 amide bonds. The molecule has 33 heavy (non-hydrogen) atoms. The molecular formula is C30H16BrNO. The standard InChI is InChI=1S/C30H16BrNO/c31-25-12-6-11-22-21-10-5-9-18(29(21)33-30(22)25)17-15-23-19-7-1-3-13-26(19)32-27-14-4-2-8-20(27)24(16-17)28(23)32/h1-16H. The first-order chi connectivity index (χ1) is 16.3. The van der Waals surface area contributed by atoms with Gasteiger partial charge in [-0.05, 0) is 51.8 Å². The summed E-state index contributed by atoms with van der Waals surface area (Å²) >= 11 is 3.66. The molecule has 0 fully saturated rings. The predicted molar refractivity (Wildman–Crippen MR) is 142 cm³/mol. The second kappa shape index (κ2) is 6.15. The predicted octanol–water partition coefficient (Wildman–Crippen LogP) is 9.17. The van der Waals surface area contributed by atoms with Crippen molar-refractivity contribution in [3.8, 4) is 11.1 Å². The van der Waals surface area contributed by atoms with E-state index in [-0.39, 0.29) is 0 Å². The van der Waals surface area contributed by atoms with Crippen LogP contribution >= 0.6 is 15.9 Å². The van der Waals surface area contributed by atoms with E-state index in [1.54, 1.807) is 0 Å². The number of benzene rings is 5. The lowest BCUT2D eigenvalue weighted by molar-refractivity contribution is 0.668. The Bertz CT molecular complexity index is 1960. The van der Waals surface area contributed by atoms with E-state index < -0.39 is 0 Å². The Balaban J connectivity index is 1.57. The lowest BCUT2D eigenvalue weighted by Gasteiger charge is -2.05. The van der Waals surface area contributed by atoms with Gasteiger partial charge in [0.2, 0.25) is 0 Å². The number of rotatable bonds is 1. The van der Waals surface area contributed by atoms with Gasteiger partial charge < -0.3 is 8.82 Å². The smallest absolute Gasteiger partial charge is 0.149 e. The molecule has 0 aliphatic heterocycles. The summed E-state index contributed by atoms with van der Waals surface area (Å²) in [4.78, 5) is 0. The normalized spacial score (nSPS) is 12.4. The van der Waals surface area contributed by atoms with Crippen LogP contribution in [0, 0.1) is 0 Å². The second-order valence-corrected chi connectivity index (χ2v) is 9.54. The molecule has 0 saturated carbocycles. The first-order valence-electron chi connectivity index (χ1n) is 11.1. The molecular weight excluding hydrogens is 470 g/mol. The fraction of sp³-hybridized carbons (Fsp3) is 0. The number of hydrogen-bond acceptors (Lipinski definition) is 1. The highest BCUT2D eigenvalue weighted by atomic mass is 79.9. The van der Waals surface area contributed by atoms with Crippen LogP contribution in [0.5, 0.6) is 0 Å². The minimum Gasteiger partial charge on any atom is -0.454 e. The van der Waals surface area contributed by atoms with Gasteiger partial charge in [-0.25, -0.2) is 0 Å². The first kappa shape index (κ1) is 17.7. The van der Waals surface area contributed by atoms with E-state index in [0.717, 1.165) is 32.0 Å². The minimum absolute atomic E-state index is 0.896. The van der Waals surface area contributed by atoms with Crippen LogP contribution in [0.1, 0.15) is 0 Å². The van der Waals surface area contributed by atoms with Crippen molar-refractivity contribution in [2.75, 3.05) is 0 Å². The van der Waals surface area contributed by atoms with Gasteiger partial charge in [0.25, 0.3) is 0 Å². The fourth-order valence-electron chi connectivity index (χ4n) is 5.62. The zero-order valence-corrected chi connectivity index (χ0v) is 19.1. The van der Waals surface area contributed by atoms with Gasteiger partial charge in [-0.2, -0.15) is 0 Å². The summed E-state index contributed by atoms with van der Waals surface area (Å²) in [5.74, 6) is 0. The zero-order chi connectivity index (χ0) is 21.7. The molecule has 3 aromatic heterocycles. The monoisotopic (exact) mass is 485 g/mol. The fourth-order valence-corrected chi connectivity index (χ4v) is 6.07. The number of halogens is 1. The van der Waals surface area contributed by atoms with E-state index in [4.69, 9.17) is 4.42 Å². The highest BCUT2D eigenvalue weighted by Gasteiger charge is 2.20. The first-order valence-corrected chi connectivity index (χ1v) is 11.9. The van der Waals surface area contributed by atoms with Crippen LogP contribution in [0.25, 0.3) is 71.2 Å². The molecule has 2 nitrogen and oxygen atoms in total. The number of nitrogens with zero attached hydrogens (tertiary/aromatic N) is 1. The molecule has 0 atom stereocenters. The van der Waals surface area contributed by atoms with Gasteiger partial charge in [0.1, 0.15) is 11.2 Å². The average molecular weight is 486 g/mol. The van der Waals surface area contributed by atoms with Crippen LogP contribution in [0.4, 0.5) is 0 Å². The summed E-state index contributed by atoms with van der Waals surface area (Å²) in [5, 5.41) is 7.40. The molecule has 3 heterocycles. The highest BCUT2D eigenvalue weighted by Crippen LogP contribution is 2.44. The summed E-state index contributed by atoms with van der Waals surface area (Å²) < 4.78 is 9.85. The molecule has 5 aromatic carbocycles. The molecule has 8 rings (SSSR count). The van der Waals surface area contributed by atoms with Crippen molar-refractivity contribution in [2.45, 2.75) is 0 Å². The van der Waals surface area contributed by atoms with Crippen LogP contribution in [-0.4, -0.2) is 4.40 Å². The van der Waals surface area contributed by atoms with E-state index in [1.165, 1.54) is 43.7 Å². The zero-order valence-electron chi connectivity index (χ0n) is 17.5. The topological polar surface area (TPSA) is 17.6 Å². The SMILES string of the molecule is Brc1cccc2c1oc1c(-c3cc4c5ccccc5n5c6ccccc6c(c3)c45)cccc12. The van der Waals surface area contributed by atoms with Crippen molar-refractivity contribution in [3.63, 3.8) is 0 Å². The maximum Gasteiger partial charge on any atom is 0.149 e. The highest BCUT2D eigenvalue weighted by molar-refractivity contribution is 9.10. The molecule has 154 valence electrons. The quantitative estimate of drug-likeness (QED) is 0.226. The van der Waals surface area contributed by atoms with E-state index in [1.807, 2.05) is 6.07 Å². The van der Waals surface area contributed by atoms with Gasteiger partial charge in [-0.3, -0.25) is 0 Å². The molecule has 0 N–H and O–H groups in total. The van der Waals surface area contributed by atoms with Crippen LogP contribution in [-0.2, 0) is 0 Å². The Morgan fingerprint density at radius 1 is 0.545 bits per heavy atom. The maximum atomic E-state index is 6.45. The number of hydrogen-bond donors (Lipinski definition) is 0. The summed E-state index contributed by atoms with van der Waals surface area (Å²) in [6.07, 6.45) is 0. The van der Waals surface area contributed by atoms with Gasteiger partial charge in [0.15, 0.2) is 0 Å². The van der Waals surface area contributed by atoms with E-state index >= 15 is 0 Å². The minimum atomic E-state index is 0.896. The maximum absolute atomic E-state index is 6.45. The average Bonchev–Trinajstić information content (AvgIpc) is 3.51. The van der Waals surface area contributed by atoms with Gasteiger partial charge in [-0.1, -0.05) is 66.7 Å². The molecule has 0 saturated heterocycles. The van der Waals surface area contributed by atoms with Crippen molar-refractivity contribution in [3.05, 3.63) is 102 Å². The summed E-state index contributed by atoms with van der Waals surface area (Å²) in [6.45, 7) is 0. The number of aromatic nitrogens is 1. The Kier molecular flexibility index (Phi) is 3.30. The van der Waals surface area contributed by atoms with Crippen molar-refractivity contribution >= 4 is 76.0 Å². The molecule has 8 aromatic rings. The van der Waals surface area contributed by atoms with Gasteiger partial charge in [0.05, 0.1) is 21.0 Å². The lowest BCUT2D eigenvalue weighted by atomic mass is 9.98. The molecule has 0 unspecified atom stereocenters. The third kappa shape index (κ3) is 2.18. The number of furan rings is 1. The van der Waals surface area contributed by atoms with Crippen LogP contribution in [0.3, 0.4) is 0 Å². The molecule has 0 bridgehead atoms. The number of para-hydroxylation sites is 4. The third-order valence-corrected chi connectivity index (χ3v) is 7.62. The Morgan fingerprint density at radius 2 is 1.12 bits per heavy atom. The van der Waals surface area contributed by atoms with Crippen LogP contribution in [0.2, 0.25) is 0 Å². The molecule has 0 spiro atoms. The summed E-state index contributed by atoms with van der Waals surface area (Å²) in [5.41, 5.74) is 7.92. The Morgan fingerprint density at radius 3 is 1.82 bits per heavy atom. The van der Waals surface area contributed by atoms with Crippen LogP contribution in [0.15, 0.2) is 106 Å². The van der Waals surface area contributed by atoms with Crippen molar-refractivity contribution in [1.82, 2.24) is 4.40 Å². The van der Waals surface area contributed by atoms with Crippen molar-refractivity contribution < 1.29 is 4.42 Å². The van der Waals surface area contributed by atoms with E-state index in [9.17, 15) is 0 Å². The molecule has 3 heteroatoms. The third-order valence-electron chi connectivity index (χ3n) is 6.99. The van der Waals surface area contributed by atoms with Gasteiger partial charge >= 0.3 is 0 Å². The molecule has 0 aliphatic rings. The van der Waals surface area contributed by atoms with E-state index in [0.29, 0.717) is 0 Å². The lowest BCUT2D eigenvalue weighted by Crippen LogP contribution is -1.80. The second-order valence-electron chi connectivity index (χ2n) is 8.69. The van der Waals surface area contributed by atoms with Gasteiger partial charge in [0, 0.05) is 37.9 Å². The number of fused-ring (bicyclic) bond motifs is 9. The molecule has 0 aliphatic carbocycles. The van der Waals surface area contributed by atoms with E-state index in [2.05, 4.69) is 111 Å². The summed E-state index contributed by atoms with van der Waals surface area (Å²) in [6, 6.07) is 34.8. The molecule has 0 radical (unpaired) electrons. The summed E-state index contributed by atoms with van der Waals surface area (Å²) in [7, 11) is 0. The van der Waals surface area contributed by atoms with Crippen molar-refractivity contribution in [2.24, 2.45) is 0 Å².